The van der Waals surface area contributed by atoms with Crippen molar-refractivity contribution in [2.24, 2.45) is 0 Å². The molecule has 3 nitrogen and oxygen atoms in total. The second kappa shape index (κ2) is 7.60. The van der Waals surface area contributed by atoms with Gasteiger partial charge in [-0.2, -0.15) is 5.26 Å². The summed E-state index contributed by atoms with van der Waals surface area (Å²) < 4.78 is 14.3. The lowest BCUT2D eigenvalue weighted by molar-refractivity contribution is 0.628. The van der Waals surface area contributed by atoms with Crippen molar-refractivity contribution in [1.82, 2.24) is 4.98 Å². The third-order valence-corrected chi connectivity index (χ3v) is 4.92. The van der Waals surface area contributed by atoms with Gasteiger partial charge in [0.1, 0.15) is 22.5 Å². The molecule has 2 aromatic carbocycles. The molecule has 0 amide bonds. The number of rotatable bonds is 4. The zero-order valence-corrected chi connectivity index (χ0v) is 15.7. The Morgan fingerprint density at radius 2 is 2.16 bits per heavy atom. The van der Waals surface area contributed by atoms with E-state index in [4.69, 9.17) is 0 Å². The number of thiazole rings is 1. The van der Waals surface area contributed by atoms with E-state index >= 15 is 0 Å². The van der Waals surface area contributed by atoms with Gasteiger partial charge >= 0.3 is 0 Å². The summed E-state index contributed by atoms with van der Waals surface area (Å²) in [6.45, 7) is 1.87. The van der Waals surface area contributed by atoms with Crippen molar-refractivity contribution in [2.45, 2.75) is 6.92 Å². The molecule has 0 saturated heterocycles. The van der Waals surface area contributed by atoms with Crippen LogP contribution in [0.4, 0.5) is 10.1 Å². The van der Waals surface area contributed by atoms with Crippen LogP contribution in [0, 0.1) is 24.1 Å². The SMILES string of the molecule is Cc1ccc(F)cc1N/C=C(\C#N)c1nc(-c2cccc(Br)c2)cs1. The average Bonchev–Trinajstić information content (AvgIpc) is 3.08. The van der Waals surface area contributed by atoms with E-state index in [1.165, 1.54) is 23.5 Å². The molecule has 0 fully saturated rings. The molecular weight excluding hydrogens is 401 g/mol. The van der Waals surface area contributed by atoms with E-state index in [9.17, 15) is 9.65 Å². The van der Waals surface area contributed by atoms with Crippen molar-refractivity contribution in [3.05, 3.63) is 74.9 Å². The highest BCUT2D eigenvalue weighted by molar-refractivity contribution is 9.10. The summed E-state index contributed by atoms with van der Waals surface area (Å²) in [6, 6.07) is 14.5. The third kappa shape index (κ3) is 4.13. The van der Waals surface area contributed by atoms with Crippen molar-refractivity contribution >= 4 is 38.5 Å². The molecule has 0 spiro atoms. The average molecular weight is 414 g/mol. The summed E-state index contributed by atoms with van der Waals surface area (Å²) in [5, 5.41) is 15.0. The van der Waals surface area contributed by atoms with Crippen LogP contribution >= 0.6 is 27.3 Å². The molecule has 0 radical (unpaired) electrons. The highest BCUT2D eigenvalue weighted by Gasteiger charge is 2.09. The second-order valence-corrected chi connectivity index (χ2v) is 7.10. The maximum Gasteiger partial charge on any atom is 0.136 e. The summed E-state index contributed by atoms with van der Waals surface area (Å²) in [6.07, 6.45) is 1.56. The minimum atomic E-state index is -0.328. The first-order valence-corrected chi connectivity index (χ1v) is 9.09. The van der Waals surface area contributed by atoms with Gasteiger partial charge in [0.2, 0.25) is 0 Å². The highest BCUT2D eigenvalue weighted by Crippen LogP contribution is 2.28. The predicted octanol–water partition coefficient (Wildman–Crippen LogP) is 6.00. The highest BCUT2D eigenvalue weighted by atomic mass is 79.9. The van der Waals surface area contributed by atoms with Crippen LogP contribution in [0.25, 0.3) is 16.8 Å². The van der Waals surface area contributed by atoms with Crippen molar-refractivity contribution in [3.8, 4) is 17.3 Å². The molecule has 0 aliphatic heterocycles. The smallest absolute Gasteiger partial charge is 0.136 e. The van der Waals surface area contributed by atoms with Gasteiger partial charge in [-0.05, 0) is 36.8 Å². The Labute approximate surface area is 157 Å². The number of nitriles is 1. The number of aryl methyl sites for hydroxylation is 1. The summed E-state index contributed by atoms with van der Waals surface area (Å²) in [7, 11) is 0. The topological polar surface area (TPSA) is 48.7 Å². The Morgan fingerprint density at radius 3 is 2.92 bits per heavy atom. The van der Waals surface area contributed by atoms with Crippen LogP contribution in [0.5, 0.6) is 0 Å². The normalized spacial score (nSPS) is 11.2. The van der Waals surface area contributed by atoms with Crippen molar-refractivity contribution in [2.75, 3.05) is 5.32 Å². The molecule has 1 heterocycles. The van der Waals surface area contributed by atoms with Crippen LogP contribution in [0.1, 0.15) is 10.6 Å². The minimum absolute atomic E-state index is 0.328. The van der Waals surface area contributed by atoms with E-state index < -0.39 is 0 Å². The largest absolute Gasteiger partial charge is 0.360 e. The molecular formula is C19H13BrFN3S. The number of benzene rings is 2. The molecule has 3 aromatic rings. The minimum Gasteiger partial charge on any atom is -0.360 e. The van der Waals surface area contributed by atoms with Crippen molar-refractivity contribution in [3.63, 3.8) is 0 Å². The summed E-state index contributed by atoms with van der Waals surface area (Å²) in [5.41, 5.74) is 3.70. The lowest BCUT2D eigenvalue weighted by atomic mass is 10.2. The van der Waals surface area contributed by atoms with Crippen LogP contribution in [0.15, 0.2) is 58.5 Å². The number of halogens is 2. The van der Waals surface area contributed by atoms with E-state index in [0.29, 0.717) is 16.3 Å². The molecule has 1 N–H and O–H groups in total. The fraction of sp³-hybridized carbons (Fsp3) is 0.0526. The molecule has 3 rings (SSSR count). The fourth-order valence-corrected chi connectivity index (χ4v) is 3.41. The Hall–Kier alpha value is -2.49. The zero-order chi connectivity index (χ0) is 17.8. The molecule has 6 heteroatoms. The molecule has 0 atom stereocenters. The Balaban J connectivity index is 1.87. The van der Waals surface area contributed by atoms with E-state index in [1.54, 1.807) is 12.3 Å². The lowest BCUT2D eigenvalue weighted by Gasteiger charge is -2.05. The first-order chi connectivity index (χ1) is 12.1. The van der Waals surface area contributed by atoms with E-state index in [0.717, 1.165) is 21.3 Å². The number of aromatic nitrogens is 1. The van der Waals surface area contributed by atoms with Gasteiger partial charge in [0.25, 0.3) is 0 Å². The van der Waals surface area contributed by atoms with Gasteiger partial charge in [-0.15, -0.1) is 11.3 Å². The maximum atomic E-state index is 13.4. The number of allylic oxidation sites excluding steroid dienone is 1. The molecule has 124 valence electrons. The standard InChI is InChI=1S/C19H13BrFN3S/c1-12-5-6-16(21)8-17(12)23-10-14(9-22)19-24-18(11-25-19)13-3-2-4-15(20)7-13/h2-8,10-11,23H,1H3/b14-10+. The van der Waals surface area contributed by atoms with Crippen molar-refractivity contribution < 1.29 is 4.39 Å². The van der Waals surface area contributed by atoms with Crippen LogP contribution in [0.3, 0.4) is 0 Å². The Morgan fingerprint density at radius 1 is 1.32 bits per heavy atom. The van der Waals surface area contributed by atoms with Gasteiger partial charge in [-0.3, -0.25) is 0 Å². The van der Waals surface area contributed by atoms with Crippen molar-refractivity contribution in [1.29, 1.82) is 5.26 Å². The van der Waals surface area contributed by atoms with E-state index in [-0.39, 0.29) is 5.82 Å². The van der Waals surface area contributed by atoms with Crippen LogP contribution in [-0.2, 0) is 0 Å². The second-order valence-electron chi connectivity index (χ2n) is 5.32. The zero-order valence-electron chi connectivity index (χ0n) is 13.3. The summed E-state index contributed by atoms with van der Waals surface area (Å²) >= 11 is 4.84. The molecule has 1 aromatic heterocycles. The van der Waals surface area contributed by atoms with Gasteiger partial charge in [0, 0.05) is 27.3 Å². The molecule has 0 saturated carbocycles. The molecule has 0 aliphatic carbocycles. The number of anilines is 1. The Bertz CT molecular complexity index is 988. The monoisotopic (exact) mass is 413 g/mol. The van der Waals surface area contributed by atoms with Crippen LogP contribution < -0.4 is 5.32 Å². The maximum absolute atomic E-state index is 13.4. The molecule has 25 heavy (non-hydrogen) atoms. The quantitative estimate of drug-likeness (QED) is 0.533. The van der Waals surface area contributed by atoms with Crippen LogP contribution in [0.2, 0.25) is 0 Å². The molecule has 0 aliphatic rings. The van der Waals surface area contributed by atoms with Gasteiger partial charge in [0.15, 0.2) is 0 Å². The van der Waals surface area contributed by atoms with Crippen LogP contribution in [-0.4, -0.2) is 4.98 Å². The van der Waals surface area contributed by atoms with E-state index in [1.807, 2.05) is 36.6 Å². The van der Waals surface area contributed by atoms with Gasteiger partial charge < -0.3 is 5.32 Å². The van der Waals surface area contributed by atoms with Gasteiger partial charge in [-0.1, -0.05) is 34.1 Å². The third-order valence-electron chi connectivity index (χ3n) is 3.55. The first kappa shape index (κ1) is 17.3. The molecule has 0 unspecified atom stereocenters. The number of hydrogen-bond acceptors (Lipinski definition) is 4. The molecule has 0 bridgehead atoms. The summed E-state index contributed by atoms with van der Waals surface area (Å²) in [4.78, 5) is 4.54. The Kier molecular flexibility index (Phi) is 5.27. The predicted molar refractivity (Wildman–Crippen MR) is 104 cm³/mol. The lowest BCUT2D eigenvalue weighted by Crippen LogP contribution is -1.94. The van der Waals surface area contributed by atoms with Gasteiger partial charge in [-0.25, -0.2) is 9.37 Å². The van der Waals surface area contributed by atoms with E-state index in [2.05, 4.69) is 32.3 Å². The number of nitrogens with one attached hydrogen (secondary N) is 1. The number of nitrogens with zero attached hydrogens (tertiary/aromatic N) is 2. The number of hydrogen-bond donors (Lipinski definition) is 1. The fourth-order valence-electron chi connectivity index (χ4n) is 2.22. The summed E-state index contributed by atoms with van der Waals surface area (Å²) in [5.74, 6) is -0.328. The van der Waals surface area contributed by atoms with Gasteiger partial charge in [0.05, 0.1) is 5.69 Å². The first-order valence-electron chi connectivity index (χ1n) is 7.41.